The molecule has 0 amide bonds. The van der Waals surface area contributed by atoms with Crippen molar-refractivity contribution < 1.29 is 9.53 Å². The van der Waals surface area contributed by atoms with Gasteiger partial charge in [-0.2, -0.15) is 0 Å². The molecule has 0 bridgehead atoms. The molecule has 1 unspecified atom stereocenters. The van der Waals surface area contributed by atoms with E-state index in [0.717, 1.165) is 24.3 Å². The first-order chi connectivity index (χ1) is 7.22. The summed E-state index contributed by atoms with van der Waals surface area (Å²) in [6, 6.07) is 3.80. The Morgan fingerprint density at radius 3 is 2.87 bits per heavy atom. The molecule has 0 spiro atoms. The SMILES string of the molecule is COC(=O)C1CCN1c1ccc(C)nc1. The number of aromatic nitrogens is 1. The topological polar surface area (TPSA) is 42.4 Å². The number of carbonyl (C=O) groups excluding carboxylic acids is 1. The highest BCUT2D eigenvalue weighted by Crippen LogP contribution is 2.26. The molecule has 2 heterocycles. The molecule has 0 radical (unpaired) electrons. The maximum absolute atomic E-state index is 11.4. The molecule has 1 aliphatic rings. The molecular weight excluding hydrogens is 192 g/mol. The molecule has 4 heteroatoms. The number of hydrogen-bond donors (Lipinski definition) is 0. The van der Waals surface area contributed by atoms with E-state index in [1.165, 1.54) is 7.11 Å². The molecule has 0 aromatic carbocycles. The van der Waals surface area contributed by atoms with Gasteiger partial charge in [0, 0.05) is 12.2 Å². The monoisotopic (exact) mass is 206 g/mol. The van der Waals surface area contributed by atoms with Crippen molar-refractivity contribution in [3.63, 3.8) is 0 Å². The van der Waals surface area contributed by atoms with Crippen molar-refractivity contribution in [3.05, 3.63) is 24.0 Å². The van der Waals surface area contributed by atoms with E-state index in [4.69, 9.17) is 4.74 Å². The van der Waals surface area contributed by atoms with E-state index in [9.17, 15) is 4.79 Å². The number of rotatable bonds is 2. The van der Waals surface area contributed by atoms with E-state index in [2.05, 4.69) is 4.98 Å². The van der Waals surface area contributed by atoms with Crippen molar-refractivity contribution in [2.24, 2.45) is 0 Å². The summed E-state index contributed by atoms with van der Waals surface area (Å²) in [6.45, 7) is 2.84. The minimum Gasteiger partial charge on any atom is -0.467 e. The third kappa shape index (κ3) is 1.79. The number of anilines is 1. The van der Waals surface area contributed by atoms with Gasteiger partial charge >= 0.3 is 5.97 Å². The zero-order valence-electron chi connectivity index (χ0n) is 8.93. The van der Waals surface area contributed by atoms with E-state index in [1.807, 2.05) is 24.0 Å². The van der Waals surface area contributed by atoms with Gasteiger partial charge in [-0.25, -0.2) is 4.79 Å². The Hall–Kier alpha value is -1.58. The van der Waals surface area contributed by atoms with Crippen LogP contribution in [0, 0.1) is 6.92 Å². The van der Waals surface area contributed by atoms with Crippen LogP contribution in [0.4, 0.5) is 5.69 Å². The van der Waals surface area contributed by atoms with Crippen LogP contribution in [0.5, 0.6) is 0 Å². The summed E-state index contributed by atoms with van der Waals surface area (Å²) < 4.78 is 4.73. The highest BCUT2D eigenvalue weighted by atomic mass is 16.5. The second kappa shape index (κ2) is 3.88. The van der Waals surface area contributed by atoms with Gasteiger partial charge < -0.3 is 9.64 Å². The Morgan fingerprint density at radius 1 is 1.60 bits per heavy atom. The number of nitrogens with zero attached hydrogens (tertiary/aromatic N) is 2. The highest BCUT2D eigenvalue weighted by molar-refractivity contribution is 5.81. The number of hydrogen-bond acceptors (Lipinski definition) is 4. The average Bonchev–Trinajstić information content (AvgIpc) is 2.19. The lowest BCUT2D eigenvalue weighted by Crippen LogP contribution is -2.53. The first-order valence-electron chi connectivity index (χ1n) is 4.99. The van der Waals surface area contributed by atoms with Crippen molar-refractivity contribution in [3.8, 4) is 0 Å². The number of carbonyl (C=O) groups is 1. The lowest BCUT2D eigenvalue weighted by Gasteiger charge is -2.40. The normalized spacial score (nSPS) is 19.6. The third-order valence-electron chi connectivity index (χ3n) is 2.72. The lowest BCUT2D eigenvalue weighted by molar-refractivity contribution is -0.143. The fraction of sp³-hybridized carbons (Fsp3) is 0.455. The van der Waals surface area contributed by atoms with Gasteiger partial charge in [0.25, 0.3) is 0 Å². The summed E-state index contributed by atoms with van der Waals surface area (Å²) in [6.07, 6.45) is 2.66. The molecule has 1 atom stereocenters. The van der Waals surface area contributed by atoms with Gasteiger partial charge in [0.1, 0.15) is 6.04 Å². The van der Waals surface area contributed by atoms with Crippen molar-refractivity contribution in [1.82, 2.24) is 4.98 Å². The minimum atomic E-state index is -0.165. The quantitative estimate of drug-likeness (QED) is 0.680. The lowest BCUT2D eigenvalue weighted by atomic mass is 10.0. The number of pyridine rings is 1. The van der Waals surface area contributed by atoms with Crippen LogP contribution in [-0.4, -0.2) is 30.6 Å². The van der Waals surface area contributed by atoms with E-state index in [1.54, 1.807) is 6.20 Å². The first kappa shape index (κ1) is 9.96. The van der Waals surface area contributed by atoms with Crippen LogP contribution in [0.15, 0.2) is 18.3 Å². The van der Waals surface area contributed by atoms with Crippen LogP contribution in [0.3, 0.4) is 0 Å². The van der Waals surface area contributed by atoms with E-state index in [-0.39, 0.29) is 12.0 Å². The summed E-state index contributed by atoms with van der Waals surface area (Å²) in [4.78, 5) is 17.6. The summed E-state index contributed by atoms with van der Waals surface area (Å²) in [5.41, 5.74) is 1.97. The van der Waals surface area contributed by atoms with Crippen LogP contribution >= 0.6 is 0 Å². The summed E-state index contributed by atoms with van der Waals surface area (Å²) in [7, 11) is 1.42. The van der Waals surface area contributed by atoms with Gasteiger partial charge in [-0.1, -0.05) is 0 Å². The fourth-order valence-corrected chi connectivity index (χ4v) is 1.71. The second-order valence-corrected chi connectivity index (χ2v) is 3.68. The van der Waals surface area contributed by atoms with Gasteiger partial charge in [0.05, 0.1) is 19.0 Å². The zero-order valence-corrected chi connectivity index (χ0v) is 8.93. The van der Waals surface area contributed by atoms with Crippen LogP contribution in [0.25, 0.3) is 0 Å². The van der Waals surface area contributed by atoms with Crippen molar-refractivity contribution in [2.75, 3.05) is 18.6 Å². The van der Waals surface area contributed by atoms with E-state index < -0.39 is 0 Å². The molecule has 1 fully saturated rings. The van der Waals surface area contributed by atoms with Gasteiger partial charge in [-0.05, 0) is 25.5 Å². The fourth-order valence-electron chi connectivity index (χ4n) is 1.71. The molecular formula is C11H14N2O2. The predicted octanol–water partition coefficient (Wildman–Crippen LogP) is 1.14. The maximum atomic E-state index is 11.4. The third-order valence-corrected chi connectivity index (χ3v) is 2.72. The maximum Gasteiger partial charge on any atom is 0.328 e. The standard InChI is InChI=1S/C11H14N2O2/c1-8-3-4-9(7-12-8)13-6-5-10(13)11(14)15-2/h3-4,7,10H,5-6H2,1-2H3. The molecule has 4 nitrogen and oxygen atoms in total. The van der Waals surface area contributed by atoms with Crippen LogP contribution in [0.2, 0.25) is 0 Å². The number of esters is 1. The van der Waals surface area contributed by atoms with Crippen LogP contribution < -0.4 is 4.90 Å². The Balaban J connectivity index is 2.12. The summed E-state index contributed by atoms with van der Waals surface area (Å²) in [5.74, 6) is -0.165. The van der Waals surface area contributed by atoms with Gasteiger partial charge in [0.15, 0.2) is 0 Å². The smallest absolute Gasteiger partial charge is 0.328 e. The molecule has 0 aliphatic carbocycles. The Labute approximate surface area is 88.9 Å². The second-order valence-electron chi connectivity index (χ2n) is 3.68. The minimum absolute atomic E-state index is 0.125. The molecule has 1 aromatic rings. The van der Waals surface area contributed by atoms with Gasteiger partial charge in [0.2, 0.25) is 0 Å². The molecule has 0 N–H and O–H groups in total. The van der Waals surface area contributed by atoms with Crippen LogP contribution in [-0.2, 0) is 9.53 Å². The Morgan fingerprint density at radius 2 is 2.40 bits per heavy atom. The number of ether oxygens (including phenoxy) is 1. The molecule has 1 aliphatic heterocycles. The zero-order chi connectivity index (χ0) is 10.8. The Kier molecular flexibility index (Phi) is 2.58. The average molecular weight is 206 g/mol. The number of methoxy groups -OCH3 is 1. The summed E-state index contributed by atoms with van der Waals surface area (Å²) >= 11 is 0. The molecule has 15 heavy (non-hydrogen) atoms. The predicted molar refractivity (Wildman–Crippen MR) is 56.7 cm³/mol. The Bertz CT molecular complexity index is 361. The molecule has 2 rings (SSSR count). The van der Waals surface area contributed by atoms with Gasteiger partial charge in [-0.3, -0.25) is 4.98 Å². The number of aryl methyl sites for hydroxylation is 1. The molecule has 80 valence electrons. The van der Waals surface area contributed by atoms with Crippen molar-refractivity contribution >= 4 is 11.7 Å². The van der Waals surface area contributed by atoms with Crippen molar-refractivity contribution in [2.45, 2.75) is 19.4 Å². The van der Waals surface area contributed by atoms with E-state index in [0.29, 0.717) is 0 Å². The van der Waals surface area contributed by atoms with E-state index >= 15 is 0 Å². The molecule has 0 saturated carbocycles. The van der Waals surface area contributed by atoms with Crippen LogP contribution in [0.1, 0.15) is 12.1 Å². The largest absolute Gasteiger partial charge is 0.467 e. The summed E-state index contributed by atoms with van der Waals surface area (Å²) in [5, 5.41) is 0. The molecule has 1 aromatic heterocycles. The first-order valence-corrected chi connectivity index (χ1v) is 4.99. The molecule has 1 saturated heterocycles. The van der Waals surface area contributed by atoms with Gasteiger partial charge in [-0.15, -0.1) is 0 Å². The highest BCUT2D eigenvalue weighted by Gasteiger charge is 2.35. The van der Waals surface area contributed by atoms with Crippen molar-refractivity contribution in [1.29, 1.82) is 0 Å².